The van der Waals surface area contributed by atoms with E-state index in [-0.39, 0.29) is 5.60 Å². The van der Waals surface area contributed by atoms with Gasteiger partial charge in [-0.3, -0.25) is 0 Å². The SMILES string of the molecule is CCCCC1CCC(CCOC(C)(C)C)(CNC)CC1. The summed E-state index contributed by atoms with van der Waals surface area (Å²) >= 11 is 0. The number of hydrogen-bond acceptors (Lipinski definition) is 2. The van der Waals surface area contributed by atoms with Crippen molar-refractivity contribution in [1.82, 2.24) is 5.32 Å². The minimum Gasteiger partial charge on any atom is -0.376 e. The normalized spacial score (nSPS) is 27.8. The second-order valence-corrected chi connectivity index (χ2v) is 7.83. The van der Waals surface area contributed by atoms with Gasteiger partial charge in [-0.1, -0.05) is 26.2 Å². The molecule has 1 aliphatic rings. The topological polar surface area (TPSA) is 21.3 Å². The molecule has 1 fully saturated rings. The lowest BCUT2D eigenvalue weighted by atomic mass is 9.68. The van der Waals surface area contributed by atoms with Crippen LogP contribution in [0.3, 0.4) is 0 Å². The highest BCUT2D eigenvalue weighted by Crippen LogP contribution is 2.42. The quantitative estimate of drug-likeness (QED) is 0.692. The van der Waals surface area contributed by atoms with E-state index in [4.69, 9.17) is 4.74 Å². The van der Waals surface area contributed by atoms with Gasteiger partial charge in [-0.05, 0) is 71.3 Å². The van der Waals surface area contributed by atoms with Crippen molar-refractivity contribution < 1.29 is 4.74 Å². The molecule has 0 aromatic heterocycles. The zero-order chi connectivity index (χ0) is 15.1. The van der Waals surface area contributed by atoms with Gasteiger partial charge in [0.15, 0.2) is 0 Å². The van der Waals surface area contributed by atoms with Crippen molar-refractivity contribution in [3.63, 3.8) is 0 Å². The minimum absolute atomic E-state index is 0.000832. The van der Waals surface area contributed by atoms with Crippen LogP contribution in [0, 0.1) is 11.3 Å². The Bertz CT molecular complexity index is 249. The Morgan fingerprint density at radius 2 is 1.85 bits per heavy atom. The summed E-state index contributed by atoms with van der Waals surface area (Å²) in [5, 5.41) is 3.43. The molecule has 0 aliphatic heterocycles. The van der Waals surface area contributed by atoms with Gasteiger partial charge < -0.3 is 10.1 Å². The molecule has 0 bridgehead atoms. The smallest absolute Gasteiger partial charge is 0.0598 e. The van der Waals surface area contributed by atoms with Crippen molar-refractivity contribution in [2.75, 3.05) is 20.2 Å². The third-order valence-electron chi connectivity index (χ3n) is 4.85. The van der Waals surface area contributed by atoms with Crippen LogP contribution in [0.5, 0.6) is 0 Å². The molecule has 1 aliphatic carbocycles. The Morgan fingerprint density at radius 3 is 2.35 bits per heavy atom. The van der Waals surface area contributed by atoms with Gasteiger partial charge >= 0.3 is 0 Å². The third kappa shape index (κ3) is 6.58. The average Bonchev–Trinajstić information content (AvgIpc) is 2.37. The molecule has 120 valence electrons. The van der Waals surface area contributed by atoms with E-state index in [1.807, 2.05) is 0 Å². The number of hydrogen-bond donors (Lipinski definition) is 1. The molecule has 0 saturated heterocycles. The maximum atomic E-state index is 5.97. The molecule has 1 saturated carbocycles. The molecule has 1 N–H and O–H groups in total. The Kier molecular flexibility index (Phi) is 7.53. The molecule has 0 unspecified atom stereocenters. The van der Waals surface area contributed by atoms with E-state index in [0.29, 0.717) is 5.41 Å². The Hall–Kier alpha value is -0.0800. The molecule has 0 aromatic rings. The van der Waals surface area contributed by atoms with E-state index in [1.54, 1.807) is 0 Å². The monoisotopic (exact) mass is 283 g/mol. The summed E-state index contributed by atoms with van der Waals surface area (Å²) in [5.74, 6) is 0.989. The molecule has 0 heterocycles. The van der Waals surface area contributed by atoms with Crippen molar-refractivity contribution in [3.05, 3.63) is 0 Å². The van der Waals surface area contributed by atoms with Gasteiger partial charge in [0.05, 0.1) is 5.60 Å². The fraction of sp³-hybridized carbons (Fsp3) is 1.00. The van der Waals surface area contributed by atoms with Crippen LogP contribution in [-0.2, 0) is 4.74 Å². The van der Waals surface area contributed by atoms with Crippen molar-refractivity contribution in [1.29, 1.82) is 0 Å². The summed E-state index contributed by atoms with van der Waals surface area (Å²) in [7, 11) is 2.09. The highest BCUT2D eigenvalue weighted by molar-refractivity contribution is 4.87. The van der Waals surface area contributed by atoms with Crippen LogP contribution in [0.4, 0.5) is 0 Å². The zero-order valence-electron chi connectivity index (χ0n) is 14.6. The Morgan fingerprint density at radius 1 is 1.20 bits per heavy atom. The first kappa shape index (κ1) is 18.0. The van der Waals surface area contributed by atoms with Crippen LogP contribution in [0.25, 0.3) is 0 Å². The van der Waals surface area contributed by atoms with Crippen LogP contribution >= 0.6 is 0 Å². The Balaban J connectivity index is 2.40. The van der Waals surface area contributed by atoms with E-state index in [9.17, 15) is 0 Å². The lowest BCUT2D eigenvalue weighted by molar-refractivity contribution is -0.0258. The van der Waals surface area contributed by atoms with Crippen LogP contribution in [0.1, 0.15) is 79.1 Å². The molecule has 0 atom stereocenters. The molecule has 1 rings (SSSR count). The molecule has 0 aromatic carbocycles. The van der Waals surface area contributed by atoms with E-state index in [1.165, 1.54) is 51.4 Å². The minimum atomic E-state index is -0.000832. The lowest BCUT2D eigenvalue weighted by Gasteiger charge is -2.41. The standard InChI is InChI=1S/C18H37NO/c1-6-7-8-16-9-11-18(12-10-16,15-19-5)13-14-20-17(2,3)4/h16,19H,6-15H2,1-5H3. The molecule has 0 amide bonds. The third-order valence-corrected chi connectivity index (χ3v) is 4.85. The first-order chi connectivity index (χ1) is 9.41. The molecule has 2 heteroatoms. The molecular weight excluding hydrogens is 246 g/mol. The van der Waals surface area contributed by atoms with Gasteiger partial charge in [-0.15, -0.1) is 0 Å². The molecule has 2 nitrogen and oxygen atoms in total. The lowest BCUT2D eigenvalue weighted by Crippen LogP contribution is -2.38. The maximum absolute atomic E-state index is 5.97. The summed E-state index contributed by atoms with van der Waals surface area (Å²) < 4.78 is 5.97. The fourth-order valence-corrected chi connectivity index (χ4v) is 3.54. The number of rotatable bonds is 8. The highest BCUT2D eigenvalue weighted by Gasteiger charge is 2.34. The van der Waals surface area contributed by atoms with Crippen LogP contribution in [0.2, 0.25) is 0 Å². The number of nitrogens with one attached hydrogen (secondary N) is 1. The molecule has 0 radical (unpaired) electrons. The first-order valence-corrected chi connectivity index (χ1v) is 8.69. The molecular formula is C18H37NO. The van der Waals surface area contributed by atoms with Gasteiger partial charge in [0, 0.05) is 13.2 Å². The van der Waals surface area contributed by atoms with Gasteiger partial charge in [0.2, 0.25) is 0 Å². The highest BCUT2D eigenvalue weighted by atomic mass is 16.5. The number of ether oxygens (including phenoxy) is 1. The first-order valence-electron chi connectivity index (χ1n) is 8.69. The summed E-state index contributed by atoms with van der Waals surface area (Å²) in [5.41, 5.74) is 0.488. The van der Waals surface area contributed by atoms with Gasteiger partial charge in [-0.2, -0.15) is 0 Å². The van der Waals surface area contributed by atoms with Crippen molar-refractivity contribution in [2.45, 2.75) is 84.7 Å². The second-order valence-electron chi connectivity index (χ2n) is 7.83. The molecule has 20 heavy (non-hydrogen) atoms. The zero-order valence-corrected chi connectivity index (χ0v) is 14.6. The second kappa shape index (κ2) is 8.38. The summed E-state index contributed by atoms with van der Waals surface area (Å²) in [4.78, 5) is 0. The summed E-state index contributed by atoms with van der Waals surface area (Å²) in [6.07, 6.45) is 11.0. The van der Waals surface area contributed by atoms with Gasteiger partial charge in [0.25, 0.3) is 0 Å². The summed E-state index contributed by atoms with van der Waals surface area (Å²) in [6.45, 7) is 10.8. The average molecular weight is 284 g/mol. The van der Waals surface area contributed by atoms with E-state index >= 15 is 0 Å². The summed E-state index contributed by atoms with van der Waals surface area (Å²) in [6, 6.07) is 0. The maximum Gasteiger partial charge on any atom is 0.0598 e. The predicted molar refractivity (Wildman–Crippen MR) is 88.2 cm³/mol. The molecule has 0 spiro atoms. The predicted octanol–water partition coefficient (Wildman–Crippen LogP) is 4.78. The van der Waals surface area contributed by atoms with Crippen molar-refractivity contribution in [3.8, 4) is 0 Å². The number of unbranched alkanes of at least 4 members (excludes halogenated alkanes) is 1. The van der Waals surface area contributed by atoms with Crippen molar-refractivity contribution in [2.24, 2.45) is 11.3 Å². The van der Waals surface area contributed by atoms with Crippen LogP contribution in [0.15, 0.2) is 0 Å². The van der Waals surface area contributed by atoms with E-state index < -0.39 is 0 Å². The van der Waals surface area contributed by atoms with E-state index in [2.05, 4.69) is 40.1 Å². The van der Waals surface area contributed by atoms with Crippen molar-refractivity contribution >= 4 is 0 Å². The Labute approximate surface area is 127 Å². The fourth-order valence-electron chi connectivity index (χ4n) is 3.54. The van der Waals surface area contributed by atoms with Gasteiger partial charge in [-0.25, -0.2) is 0 Å². The van der Waals surface area contributed by atoms with Crippen LogP contribution in [-0.4, -0.2) is 25.8 Å². The van der Waals surface area contributed by atoms with Crippen LogP contribution < -0.4 is 5.32 Å². The largest absolute Gasteiger partial charge is 0.376 e. The van der Waals surface area contributed by atoms with Gasteiger partial charge in [0.1, 0.15) is 0 Å². The van der Waals surface area contributed by atoms with E-state index in [0.717, 1.165) is 19.1 Å².